The number of primary amides is 1. The quantitative estimate of drug-likeness (QED) is 0.895. The number of anilines is 1. The first-order valence-electron chi connectivity index (χ1n) is 5.61. The lowest BCUT2D eigenvalue weighted by Gasteiger charge is -2.08. The fraction of sp³-hybridized carbons (Fsp3) is 0. The summed E-state index contributed by atoms with van der Waals surface area (Å²) in [7, 11) is 0. The molecule has 2 rings (SSSR count). The summed E-state index contributed by atoms with van der Waals surface area (Å²) in [6, 6.07) is 6.14. The van der Waals surface area contributed by atoms with Gasteiger partial charge in [-0.3, -0.25) is 9.59 Å². The van der Waals surface area contributed by atoms with Gasteiger partial charge in [-0.15, -0.1) is 0 Å². The van der Waals surface area contributed by atoms with Gasteiger partial charge in [-0.2, -0.15) is 0 Å². The van der Waals surface area contributed by atoms with Gasteiger partial charge >= 0.3 is 0 Å². The maximum atomic E-state index is 12.1. The van der Waals surface area contributed by atoms with Gasteiger partial charge in [-0.25, -0.2) is 4.98 Å². The van der Waals surface area contributed by atoms with Crippen LogP contribution in [-0.4, -0.2) is 16.8 Å². The van der Waals surface area contributed by atoms with Gasteiger partial charge in [0, 0.05) is 17.4 Å². The number of carbonyl (C=O) groups excluding carboxylic acids is 2. The van der Waals surface area contributed by atoms with Crippen molar-refractivity contribution in [3.8, 4) is 0 Å². The number of rotatable bonds is 3. The molecule has 0 spiro atoms. The molecule has 0 atom stereocenters. The molecule has 0 radical (unpaired) electrons. The number of carbonyl (C=O) groups is 2. The van der Waals surface area contributed by atoms with Crippen LogP contribution in [0, 0.1) is 0 Å². The highest BCUT2D eigenvalue weighted by atomic mass is 35.5. The third kappa shape index (κ3) is 3.44. The lowest BCUT2D eigenvalue weighted by Crippen LogP contribution is -2.16. The Hall–Kier alpha value is -1.82. The minimum absolute atomic E-state index is 0.0457. The van der Waals surface area contributed by atoms with E-state index in [1.807, 2.05) is 0 Å². The van der Waals surface area contributed by atoms with Crippen LogP contribution in [0.1, 0.15) is 20.8 Å². The monoisotopic (exact) mass is 343 g/mol. The molecule has 108 valence electrons. The Labute approximate surface area is 135 Å². The van der Waals surface area contributed by atoms with Gasteiger partial charge in [0.2, 0.25) is 5.91 Å². The van der Waals surface area contributed by atoms with E-state index < -0.39 is 11.8 Å². The van der Waals surface area contributed by atoms with Gasteiger partial charge in [0.15, 0.2) is 0 Å². The average molecular weight is 345 g/mol. The Morgan fingerprint density at radius 1 is 1.14 bits per heavy atom. The zero-order chi connectivity index (χ0) is 15.6. The first-order valence-corrected chi connectivity index (χ1v) is 6.74. The highest BCUT2D eigenvalue weighted by molar-refractivity contribution is 6.49. The lowest BCUT2D eigenvalue weighted by molar-refractivity contribution is 0.0995. The smallest absolute Gasteiger partial charge is 0.275 e. The Bertz CT molecular complexity index is 735. The van der Waals surface area contributed by atoms with Gasteiger partial charge in [0.25, 0.3) is 5.91 Å². The number of aromatic nitrogens is 1. The van der Waals surface area contributed by atoms with Crippen LogP contribution in [0.15, 0.2) is 30.5 Å². The fourth-order valence-corrected chi connectivity index (χ4v) is 2.11. The first-order chi connectivity index (χ1) is 9.90. The van der Waals surface area contributed by atoms with Crippen LogP contribution < -0.4 is 11.1 Å². The standard InChI is InChI=1S/C13H8Cl3N3O2/c14-8-5-18-11(10(16)9(8)15)13(21)19-7-3-1-2-6(4-7)12(17)20/h1-5H,(H2,17,20)(H,19,21). The fourth-order valence-electron chi connectivity index (χ4n) is 1.54. The van der Waals surface area contributed by atoms with Crippen molar-refractivity contribution in [2.45, 2.75) is 0 Å². The highest BCUT2D eigenvalue weighted by Gasteiger charge is 2.17. The molecule has 2 aromatic rings. The Morgan fingerprint density at radius 2 is 1.86 bits per heavy atom. The molecule has 21 heavy (non-hydrogen) atoms. The predicted octanol–water partition coefficient (Wildman–Crippen LogP) is 3.39. The molecule has 0 unspecified atom stereocenters. The summed E-state index contributed by atoms with van der Waals surface area (Å²) < 4.78 is 0. The molecule has 0 bridgehead atoms. The van der Waals surface area contributed by atoms with Crippen LogP contribution in [-0.2, 0) is 0 Å². The maximum Gasteiger partial charge on any atom is 0.275 e. The van der Waals surface area contributed by atoms with Crippen molar-refractivity contribution in [1.82, 2.24) is 4.98 Å². The number of hydrogen-bond donors (Lipinski definition) is 2. The molecule has 0 aliphatic rings. The van der Waals surface area contributed by atoms with Gasteiger partial charge < -0.3 is 11.1 Å². The number of nitrogens with zero attached hydrogens (tertiary/aromatic N) is 1. The highest BCUT2D eigenvalue weighted by Crippen LogP contribution is 2.31. The van der Waals surface area contributed by atoms with Crippen LogP contribution in [0.4, 0.5) is 5.69 Å². The molecule has 0 aliphatic heterocycles. The zero-order valence-corrected chi connectivity index (χ0v) is 12.6. The van der Waals surface area contributed by atoms with Crippen molar-refractivity contribution in [2.24, 2.45) is 5.73 Å². The molecule has 0 fully saturated rings. The van der Waals surface area contributed by atoms with Crippen LogP contribution in [0.25, 0.3) is 0 Å². The van der Waals surface area contributed by atoms with Gasteiger partial charge in [-0.1, -0.05) is 40.9 Å². The van der Waals surface area contributed by atoms with Crippen LogP contribution >= 0.6 is 34.8 Å². The molecule has 1 aromatic carbocycles. The minimum atomic E-state index is -0.600. The summed E-state index contributed by atoms with van der Waals surface area (Å²) in [5, 5.41) is 2.69. The number of amides is 2. The average Bonchev–Trinajstić information content (AvgIpc) is 2.45. The summed E-state index contributed by atoms with van der Waals surface area (Å²) in [5.41, 5.74) is 5.73. The second kappa shape index (κ2) is 6.30. The zero-order valence-electron chi connectivity index (χ0n) is 10.4. The van der Waals surface area contributed by atoms with E-state index in [0.717, 1.165) is 0 Å². The van der Waals surface area contributed by atoms with Gasteiger partial charge in [0.05, 0.1) is 15.1 Å². The number of nitrogens with one attached hydrogen (secondary N) is 1. The summed E-state index contributed by atoms with van der Waals surface area (Å²) in [5.74, 6) is -1.18. The van der Waals surface area contributed by atoms with Crippen molar-refractivity contribution in [1.29, 1.82) is 0 Å². The molecule has 0 aliphatic carbocycles. The van der Waals surface area contributed by atoms with Crippen LogP contribution in [0.3, 0.4) is 0 Å². The first kappa shape index (κ1) is 15.6. The van der Waals surface area contributed by atoms with E-state index >= 15 is 0 Å². The normalized spacial score (nSPS) is 10.2. The summed E-state index contributed by atoms with van der Waals surface area (Å²) in [4.78, 5) is 27.0. The molecule has 0 saturated heterocycles. The van der Waals surface area contributed by atoms with Crippen molar-refractivity contribution in [3.63, 3.8) is 0 Å². The van der Waals surface area contributed by atoms with E-state index in [9.17, 15) is 9.59 Å². The molecular formula is C13H8Cl3N3O2. The minimum Gasteiger partial charge on any atom is -0.366 e. The molecule has 8 heteroatoms. The largest absolute Gasteiger partial charge is 0.366 e. The van der Waals surface area contributed by atoms with Crippen molar-refractivity contribution >= 4 is 52.3 Å². The molecule has 1 aromatic heterocycles. The van der Waals surface area contributed by atoms with Crippen molar-refractivity contribution in [2.75, 3.05) is 5.32 Å². The summed E-state index contributed by atoms with van der Waals surface area (Å²) >= 11 is 17.5. The van der Waals surface area contributed by atoms with Crippen LogP contribution in [0.2, 0.25) is 15.1 Å². The third-order valence-corrected chi connectivity index (χ3v) is 3.78. The lowest BCUT2D eigenvalue weighted by atomic mass is 10.2. The number of halogens is 3. The number of hydrogen-bond acceptors (Lipinski definition) is 3. The Balaban J connectivity index is 2.28. The van der Waals surface area contributed by atoms with E-state index in [1.165, 1.54) is 18.3 Å². The van der Waals surface area contributed by atoms with E-state index in [0.29, 0.717) is 5.69 Å². The van der Waals surface area contributed by atoms with Crippen LogP contribution in [0.5, 0.6) is 0 Å². The molecule has 1 heterocycles. The maximum absolute atomic E-state index is 12.1. The van der Waals surface area contributed by atoms with E-state index in [1.54, 1.807) is 12.1 Å². The van der Waals surface area contributed by atoms with Crippen molar-refractivity contribution in [3.05, 3.63) is 56.8 Å². The third-order valence-electron chi connectivity index (χ3n) is 2.54. The molecular weight excluding hydrogens is 337 g/mol. The second-order valence-corrected chi connectivity index (χ2v) is 5.15. The molecule has 0 saturated carbocycles. The summed E-state index contributed by atoms with van der Waals surface area (Å²) in [6.07, 6.45) is 1.23. The summed E-state index contributed by atoms with van der Waals surface area (Å²) in [6.45, 7) is 0. The predicted molar refractivity (Wildman–Crippen MR) is 82.2 cm³/mol. The number of pyridine rings is 1. The molecule has 5 nitrogen and oxygen atoms in total. The van der Waals surface area contributed by atoms with E-state index in [4.69, 9.17) is 40.5 Å². The molecule has 3 N–H and O–H groups in total. The van der Waals surface area contributed by atoms with E-state index in [-0.39, 0.29) is 26.3 Å². The molecule has 2 amide bonds. The van der Waals surface area contributed by atoms with Gasteiger partial charge in [0.1, 0.15) is 5.69 Å². The Morgan fingerprint density at radius 3 is 2.52 bits per heavy atom. The second-order valence-electron chi connectivity index (χ2n) is 3.98. The number of benzene rings is 1. The number of nitrogens with two attached hydrogens (primary N) is 1. The van der Waals surface area contributed by atoms with Crippen molar-refractivity contribution < 1.29 is 9.59 Å². The van der Waals surface area contributed by atoms with E-state index in [2.05, 4.69) is 10.3 Å². The SMILES string of the molecule is NC(=O)c1cccc(NC(=O)c2ncc(Cl)c(Cl)c2Cl)c1. The Kier molecular flexibility index (Phi) is 4.67. The van der Waals surface area contributed by atoms with Gasteiger partial charge in [-0.05, 0) is 18.2 Å². The topological polar surface area (TPSA) is 85.1 Å².